The van der Waals surface area contributed by atoms with Crippen LogP contribution >= 0.6 is 15.9 Å². The van der Waals surface area contributed by atoms with Gasteiger partial charge in [0.05, 0.1) is 5.69 Å². The van der Waals surface area contributed by atoms with Crippen LogP contribution in [0.15, 0.2) is 53.0 Å². The van der Waals surface area contributed by atoms with Crippen molar-refractivity contribution in [1.82, 2.24) is 5.32 Å². The maximum Gasteiger partial charge on any atom is 0.233 e. The van der Waals surface area contributed by atoms with Crippen molar-refractivity contribution in [3.8, 4) is 0 Å². The zero-order valence-electron chi connectivity index (χ0n) is 12.9. The Morgan fingerprint density at radius 3 is 2.48 bits per heavy atom. The molecule has 0 radical (unpaired) electrons. The molecule has 2 N–H and O–H groups in total. The summed E-state index contributed by atoms with van der Waals surface area (Å²) in [6.45, 7) is 2.49. The fourth-order valence-corrected chi connectivity index (χ4v) is 2.71. The van der Waals surface area contributed by atoms with Crippen molar-refractivity contribution in [3.05, 3.63) is 64.1 Å². The van der Waals surface area contributed by atoms with Crippen LogP contribution in [0.5, 0.6) is 0 Å². The van der Waals surface area contributed by atoms with Crippen molar-refractivity contribution >= 4 is 33.4 Å². The lowest BCUT2D eigenvalue weighted by molar-refractivity contribution is -0.126. The topological polar surface area (TPSA) is 58.2 Å². The highest BCUT2D eigenvalue weighted by Gasteiger charge is 2.10. The van der Waals surface area contributed by atoms with Gasteiger partial charge in [0, 0.05) is 11.0 Å². The number of anilines is 1. The molecule has 5 heteroatoms. The minimum Gasteiger partial charge on any atom is -0.355 e. The summed E-state index contributed by atoms with van der Waals surface area (Å²) in [6, 6.07) is 15.5. The molecule has 4 nitrogen and oxygen atoms in total. The van der Waals surface area contributed by atoms with E-state index >= 15 is 0 Å². The summed E-state index contributed by atoms with van der Waals surface area (Å²) >= 11 is 3.39. The van der Waals surface area contributed by atoms with E-state index in [-0.39, 0.29) is 18.2 Å². The van der Waals surface area contributed by atoms with E-state index < -0.39 is 0 Å². The zero-order valence-corrected chi connectivity index (χ0v) is 14.5. The number of rotatable bonds is 6. The Kier molecular flexibility index (Phi) is 6.35. The van der Waals surface area contributed by atoms with Gasteiger partial charge in [-0.25, -0.2) is 0 Å². The molecule has 0 unspecified atom stereocenters. The summed E-state index contributed by atoms with van der Waals surface area (Å²) in [7, 11) is 0. The molecule has 0 aliphatic carbocycles. The molecule has 0 saturated carbocycles. The van der Waals surface area contributed by atoms with Gasteiger partial charge in [0.15, 0.2) is 0 Å². The second-order valence-corrected chi connectivity index (χ2v) is 6.15. The van der Waals surface area contributed by atoms with Crippen LogP contribution in [0.1, 0.15) is 17.5 Å². The van der Waals surface area contributed by atoms with E-state index in [4.69, 9.17) is 0 Å². The van der Waals surface area contributed by atoms with Crippen molar-refractivity contribution < 1.29 is 9.59 Å². The summed E-state index contributed by atoms with van der Waals surface area (Å²) in [5.41, 5.74) is 2.91. The smallest absolute Gasteiger partial charge is 0.233 e. The summed E-state index contributed by atoms with van der Waals surface area (Å²) < 4.78 is 0.801. The van der Waals surface area contributed by atoms with E-state index in [1.54, 1.807) is 0 Å². The molecule has 0 heterocycles. The number of carbonyl (C=O) groups is 2. The second kappa shape index (κ2) is 8.48. The average molecular weight is 375 g/mol. The van der Waals surface area contributed by atoms with E-state index in [0.717, 1.165) is 22.0 Å². The van der Waals surface area contributed by atoms with Gasteiger partial charge < -0.3 is 10.6 Å². The fraction of sp³-hybridized carbons (Fsp3) is 0.222. The van der Waals surface area contributed by atoms with Crippen LogP contribution in [-0.4, -0.2) is 18.4 Å². The van der Waals surface area contributed by atoms with Gasteiger partial charge in [-0.1, -0.05) is 36.4 Å². The molecule has 0 aliphatic rings. The SMILES string of the molecule is Cc1ccc(NC(=O)CC(=O)NCCc2ccccc2)c(Br)c1. The summed E-state index contributed by atoms with van der Waals surface area (Å²) in [6.07, 6.45) is 0.562. The van der Waals surface area contributed by atoms with Gasteiger partial charge in [-0.15, -0.1) is 0 Å². The standard InChI is InChI=1S/C18H19BrN2O2/c1-13-7-8-16(15(19)11-13)21-18(23)12-17(22)20-10-9-14-5-3-2-4-6-14/h2-8,11H,9-10,12H2,1H3,(H,20,22)(H,21,23). The molecule has 0 saturated heterocycles. The molecule has 2 rings (SSSR count). The average Bonchev–Trinajstić information content (AvgIpc) is 2.51. The lowest BCUT2D eigenvalue weighted by Gasteiger charge is -2.09. The molecular weight excluding hydrogens is 356 g/mol. The number of carbonyl (C=O) groups excluding carboxylic acids is 2. The first-order chi connectivity index (χ1) is 11.0. The molecular formula is C18H19BrN2O2. The van der Waals surface area contributed by atoms with Crippen molar-refractivity contribution in [2.75, 3.05) is 11.9 Å². The van der Waals surface area contributed by atoms with Crippen LogP contribution in [0, 0.1) is 6.92 Å². The van der Waals surface area contributed by atoms with E-state index in [2.05, 4.69) is 26.6 Å². The molecule has 2 amide bonds. The molecule has 0 bridgehead atoms. The lowest BCUT2D eigenvalue weighted by atomic mass is 10.1. The highest BCUT2D eigenvalue weighted by atomic mass is 79.9. The minimum absolute atomic E-state index is 0.185. The number of aryl methyl sites for hydroxylation is 1. The van der Waals surface area contributed by atoms with Crippen molar-refractivity contribution in [2.45, 2.75) is 19.8 Å². The third-order valence-corrected chi connectivity index (χ3v) is 3.95. The van der Waals surface area contributed by atoms with Crippen LogP contribution in [0.2, 0.25) is 0 Å². The van der Waals surface area contributed by atoms with Crippen LogP contribution in [-0.2, 0) is 16.0 Å². The van der Waals surface area contributed by atoms with Gasteiger partial charge in [-0.2, -0.15) is 0 Å². The van der Waals surface area contributed by atoms with Gasteiger partial charge in [-0.3, -0.25) is 9.59 Å². The minimum atomic E-state index is -0.327. The number of nitrogens with one attached hydrogen (secondary N) is 2. The van der Waals surface area contributed by atoms with Gasteiger partial charge in [0.25, 0.3) is 0 Å². The highest BCUT2D eigenvalue weighted by Crippen LogP contribution is 2.23. The molecule has 0 aromatic heterocycles. The Hall–Kier alpha value is -2.14. The molecule has 0 aliphatic heterocycles. The Morgan fingerprint density at radius 1 is 1.04 bits per heavy atom. The third-order valence-electron chi connectivity index (χ3n) is 3.30. The normalized spacial score (nSPS) is 10.2. The van der Waals surface area contributed by atoms with Gasteiger partial charge in [0.1, 0.15) is 6.42 Å². The highest BCUT2D eigenvalue weighted by molar-refractivity contribution is 9.10. The number of hydrogen-bond acceptors (Lipinski definition) is 2. The van der Waals surface area contributed by atoms with E-state index in [1.165, 1.54) is 0 Å². The fourth-order valence-electron chi connectivity index (χ4n) is 2.12. The maximum absolute atomic E-state index is 11.9. The van der Waals surface area contributed by atoms with Crippen LogP contribution in [0.4, 0.5) is 5.69 Å². The predicted octanol–water partition coefficient (Wildman–Crippen LogP) is 3.45. The number of benzene rings is 2. The Morgan fingerprint density at radius 2 is 1.78 bits per heavy atom. The number of halogens is 1. The van der Waals surface area contributed by atoms with Gasteiger partial charge in [0.2, 0.25) is 11.8 Å². The Balaban J connectivity index is 1.75. The first kappa shape index (κ1) is 17.2. The molecule has 23 heavy (non-hydrogen) atoms. The van der Waals surface area contributed by atoms with Crippen molar-refractivity contribution in [2.24, 2.45) is 0 Å². The van der Waals surface area contributed by atoms with Crippen LogP contribution in [0.3, 0.4) is 0 Å². The van der Waals surface area contributed by atoms with E-state index in [0.29, 0.717) is 12.2 Å². The molecule has 120 valence electrons. The second-order valence-electron chi connectivity index (χ2n) is 5.29. The molecule has 2 aromatic rings. The maximum atomic E-state index is 11.9. The quantitative estimate of drug-likeness (QED) is 0.760. The predicted molar refractivity (Wildman–Crippen MR) is 95.3 cm³/mol. The Labute approximate surface area is 144 Å². The summed E-state index contributed by atoms with van der Waals surface area (Å²) in [5.74, 6) is -0.603. The van der Waals surface area contributed by atoms with Crippen molar-refractivity contribution in [3.63, 3.8) is 0 Å². The van der Waals surface area contributed by atoms with Crippen molar-refractivity contribution in [1.29, 1.82) is 0 Å². The van der Waals surface area contributed by atoms with E-state index in [1.807, 2.05) is 55.5 Å². The van der Waals surface area contributed by atoms with E-state index in [9.17, 15) is 9.59 Å². The first-order valence-corrected chi connectivity index (χ1v) is 8.20. The van der Waals surface area contributed by atoms with Crippen LogP contribution in [0.25, 0.3) is 0 Å². The van der Waals surface area contributed by atoms with Crippen LogP contribution < -0.4 is 10.6 Å². The number of hydrogen-bond donors (Lipinski definition) is 2. The first-order valence-electron chi connectivity index (χ1n) is 7.41. The summed E-state index contributed by atoms with van der Waals surface area (Å²) in [5, 5.41) is 5.49. The number of amides is 2. The van der Waals surface area contributed by atoms with Gasteiger partial charge >= 0.3 is 0 Å². The monoisotopic (exact) mass is 374 g/mol. The van der Waals surface area contributed by atoms with Gasteiger partial charge in [-0.05, 0) is 52.5 Å². The lowest BCUT2D eigenvalue weighted by Crippen LogP contribution is -2.29. The zero-order chi connectivity index (χ0) is 16.7. The molecule has 0 atom stereocenters. The molecule has 2 aromatic carbocycles. The molecule has 0 spiro atoms. The molecule has 0 fully saturated rings. The third kappa shape index (κ3) is 5.87. The Bertz CT molecular complexity index is 687. The summed E-state index contributed by atoms with van der Waals surface area (Å²) in [4.78, 5) is 23.7. The largest absolute Gasteiger partial charge is 0.355 e.